The molecule has 1 aliphatic rings. The van der Waals surface area contributed by atoms with Gasteiger partial charge in [-0.05, 0) is 13.8 Å². The van der Waals surface area contributed by atoms with E-state index in [4.69, 9.17) is 9.84 Å². The first-order valence-electron chi connectivity index (χ1n) is 5.60. The fraction of sp³-hybridized carbons (Fsp3) is 0.909. The van der Waals surface area contributed by atoms with Crippen LogP contribution in [0.25, 0.3) is 0 Å². The Kier molecular flexibility index (Phi) is 4.29. The van der Waals surface area contributed by atoms with E-state index >= 15 is 0 Å². The molecule has 0 spiro atoms. The first-order chi connectivity index (χ1) is 7.36. The molecule has 0 aromatic rings. The van der Waals surface area contributed by atoms with E-state index in [9.17, 15) is 9.90 Å². The van der Waals surface area contributed by atoms with Crippen LogP contribution in [-0.2, 0) is 9.53 Å². The van der Waals surface area contributed by atoms with Gasteiger partial charge in [0.1, 0.15) is 0 Å². The van der Waals surface area contributed by atoms with E-state index in [1.54, 1.807) is 13.8 Å². The normalized spacial score (nSPS) is 20.7. The Balaban J connectivity index is 2.31. The molecule has 1 fully saturated rings. The molecule has 1 heterocycles. The molecular weight excluding hydrogens is 210 g/mol. The molecule has 0 amide bonds. The third-order valence-corrected chi connectivity index (χ3v) is 3.02. The molecule has 94 valence electrons. The molecule has 1 saturated heterocycles. The summed E-state index contributed by atoms with van der Waals surface area (Å²) in [5, 5.41) is 22.1. The summed E-state index contributed by atoms with van der Waals surface area (Å²) < 4.78 is 5.17. The van der Waals surface area contributed by atoms with Crippen molar-refractivity contribution in [2.24, 2.45) is 5.41 Å². The maximum atomic E-state index is 10.9. The van der Waals surface area contributed by atoms with Crippen LogP contribution in [-0.4, -0.2) is 48.1 Å². The minimum absolute atomic E-state index is 0.353. The lowest BCUT2D eigenvalue weighted by atomic mass is 9.91. The maximum absolute atomic E-state index is 10.9. The van der Waals surface area contributed by atoms with Crippen molar-refractivity contribution in [3.63, 3.8) is 0 Å². The van der Waals surface area contributed by atoms with E-state index in [0.29, 0.717) is 39.1 Å². The number of aliphatic hydroxyl groups is 1. The Hall–Kier alpha value is -0.650. The molecule has 16 heavy (non-hydrogen) atoms. The van der Waals surface area contributed by atoms with Gasteiger partial charge >= 0.3 is 5.97 Å². The van der Waals surface area contributed by atoms with E-state index in [-0.39, 0.29) is 0 Å². The van der Waals surface area contributed by atoms with Gasteiger partial charge in [0, 0.05) is 39.1 Å². The monoisotopic (exact) mass is 231 g/mol. The van der Waals surface area contributed by atoms with Crippen LogP contribution in [0.5, 0.6) is 0 Å². The van der Waals surface area contributed by atoms with Crippen molar-refractivity contribution in [3.8, 4) is 0 Å². The summed E-state index contributed by atoms with van der Waals surface area (Å²) in [6.07, 6.45) is 1.21. The molecule has 5 heteroatoms. The minimum atomic E-state index is -0.834. The smallest absolute Gasteiger partial charge is 0.310 e. The van der Waals surface area contributed by atoms with Crippen molar-refractivity contribution < 1.29 is 19.7 Å². The quantitative estimate of drug-likeness (QED) is 0.631. The van der Waals surface area contributed by atoms with Crippen LogP contribution in [0.15, 0.2) is 0 Å². The van der Waals surface area contributed by atoms with Crippen molar-refractivity contribution in [1.82, 2.24) is 5.32 Å². The highest BCUT2D eigenvalue weighted by Gasteiger charge is 2.31. The number of carboxylic acids is 1. The van der Waals surface area contributed by atoms with Crippen LogP contribution in [0.2, 0.25) is 0 Å². The van der Waals surface area contributed by atoms with E-state index in [1.165, 1.54) is 0 Å². The molecule has 0 radical (unpaired) electrons. The van der Waals surface area contributed by atoms with Crippen LogP contribution in [0.1, 0.15) is 26.7 Å². The Bertz CT molecular complexity index is 246. The van der Waals surface area contributed by atoms with Crippen LogP contribution < -0.4 is 5.32 Å². The Morgan fingerprint density at radius 1 is 1.44 bits per heavy atom. The first kappa shape index (κ1) is 13.4. The standard InChI is InChI=1S/C11H21NO4/c1-10(2,9(13)14)7-12-8-11(15)3-5-16-6-4-11/h12,15H,3-8H2,1-2H3,(H,13,14). The molecule has 0 atom stereocenters. The molecule has 0 aromatic heterocycles. The van der Waals surface area contributed by atoms with Gasteiger partial charge in [0.25, 0.3) is 0 Å². The summed E-state index contributed by atoms with van der Waals surface area (Å²) in [7, 11) is 0. The van der Waals surface area contributed by atoms with Gasteiger partial charge in [-0.15, -0.1) is 0 Å². The van der Waals surface area contributed by atoms with Gasteiger partial charge in [0.05, 0.1) is 11.0 Å². The molecule has 1 aliphatic heterocycles. The van der Waals surface area contributed by atoms with Crippen LogP contribution in [0.3, 0.4) is 0 Å². The van der Waals surface area contributed by atoms with Crippen molar-refractivity contribution in [3.05, 3.63) is 0 Å². The summed E-state index contributed by atoms with van der Waals surface area (Å²) in [4.78, 5) is 10.9. The van der Waals surface area contributed by atoms with Gasteiger partial charge in [-0.1, -0.05) is 0 Å². The van der Waals surface area contributed by atoms with Crippen molar-refractivity contribution in [1.29, 1.82) is 0 Å². The number of hydrogen-bond donors (Lipinski definition) is 3. The fourth-order valence-corrected chi connectivity index (χ4v) is 1.61. The predicted molar refractivity (Wildman–Crippen MR) is 59.3 cm³/mol. The number of nitrogens with one attached hydrogen (secondary N) is 1. The molecule has 5 nitrogen and oxygen atoms in total. The van der Waals surface area contributed by atoms with Gasteiger partial charge in [0.15, 0.2) is 0 Å². The van der Waals surface area contributed by atoms with E-state index < -0.39 is 17.0 Å². The Morgan fingerprint density at radius 2 is 2.00 bits per heavy atom. The number of carbonyl (C=O) groups is 1. The van der Waals surface area contributed by atoms with Crippen LogP contribution in [0, 0.1) is 5.41 Å². The van der Waals surface area contributed by atoms with E-state index in [2.05, 4.69) is 5.32 Å². The lowest BCUT2D eigenvalue weighted by molar-refractivity contribution is -0.146. The van der Waals surface area contributed by atoms with Crippen molar-refractivity contribution >= 4 is 5.97 Å². The fourth-order valence-electron chi connectivity index (χ4n) is 1.61. The number of aliphatic carboxylic acids is 1. The summed E-state index contributed by atoms with van der Waals surface area (Å²) in [6.45, 7) is 5.24. The number of ether oxygens (including phenoxy) is 1. The molecule has 0 bridgehead atoms. The molecule has 0 aromatic carbocycles. The predicted octanol–water partition coefficient (Wildman–Crippen LogP) is 0.228. The third kappa shape index (κ3) is 3.73. The average Bonchev–Trinajstić information content (AvgIpc) is 2.17. The number of hydrogen-bond acceptors (Lipinski definition) is 4. The summed E-state index contributed by atoms with van der Waals surface area (Å²) in [5.41, 5.74) is -1.55. The van der Waals surface area contributed by atoms with Gasteiger partial charge in [-0.2, -0.15) is 0 Å². The zero-order valence-electron chi connectivity index (χ0n) is 9.95. The third-order valence-electron chi connectivity index (χ3n) is 3.02. The second-order valence-corrected chi connectivity index (χ2v) is 5.13. The van der Waals surface area contributed by atoms with Crippen LogP contribution in [0.4, 0.5) is 0 Å². The molecule has 0 aliphatic carbocycles. The highest BCUT2D eigenvalue weighted by Crippen LogP contribution is 2.20. The molecule has 0 unspecified atom stereocenters. The summed E-state index contributed by atoms with van der Waals surface area (Å²) >= 11 is 0. The molecule has 0 saturated carbocycles. The first-order valence-corrected chi connectivity index (χ1v) is 5.60. The SMILES string of the molecule is CC(C)(CNCC1(O)CCOCC1)C(=O)O. The van der Waals surface area contributed by atoms with Gasteiger partial charge in [0.2, 0.25) is 0 Å². The van der Waals surface area contributed by atoms with Crippen molar-refractivity contribution in [2.45, 2.75) is 32.3 Å². The Labute approximate surface area is 95.8 Å². The zero-order valence-corrected chi connectivity index (χ0v) is 9.95. The van der Waals surface area contributed by atoms with Gasteiger partial charge < -0.3 is 20.3 Å². The summed E-state index contributed by atoms with van der Waals surface area (Å²) in [5.74, 6) is -0.834. The molecular formula is C11H21NO4. The minimum Gasteiger partial charge on any atom is -0.481 e. The summed E-state index contributed by atoms with van der Waals surface area (Å²) in [6, 6.07) is 0. The maximum Gasteiger partial charge on any atom is 0.310 e. The van der Waals surface area contributed by atoms with Gasteiger partial charge in [-0.25, -0.2) is 0 Å². The second kappa shape index (κ2) is 5.12. The second-order valence-electron chi connectivity index (χ2n) is 5.13. The van der Waals surface area contributed by atoms with Crippen molar-refractivity contribution in [2.75, 3.05) is 26.3 Å². The van der Waals surface area contributed by atoms with E-state index in [1.807, 2.05) is 0 Å². The number of rotatable bonds is 5. The van der Waals surface area contributed by atoms with Crippen LogP contribution >= 0.6 is 0 Å². The topological polar surface area (TPSA) is 78.8 Å². The molecule has 1 rings (SSSR count). The lowest BCUT2D eigenvalue weighted by Crippen LogP contribution is -2.48. The zero-order chi connectivity index (χ0) is 12.2. The highest BCUT2D eigenvalue weighted by molar-refractivity contribution is 5.73. The molecule has 3 N–H and O–H groups in total. The number of carboxylic acid groups (broad SMARTS) is 1. The van der Waals surface area contributed by atoms with Gasteiger partial charge in [-0.3, -0.25) is 4.79 Å². The Morgan fingerprint density at radius 3 is 2.50 bits per heavy atom. The highest BCUT2D eigenvalue weighted by atomic mass is 16.5. The lowest BCUT2D eigenvalue weighted by Gasteiger charge is -2.33. The largest absolute Gasteiger partial charge is 0.481 e. The average molecular weight is 231 g/mol. The van der Waals surface area contributed by atoms with E-state index in [0.717, 1.165) is 0 Å².